The average molecular weight is 253 g/mol. The molecule has 1 aliphatic carbocycles. The van der Waals surface area contributed by atoms with E-state index in [2.05, 4.69) is 13.8 Å². The summed E-state index contributed by atoms with van der Waals surface area (Å²) in [7, 11) is 0. The predicted octanol–water partition coefficient (Wildman–Crippen LogP) is 1.98. The summed E-state index contributed by atoms with van der Waals surface area (Å²) in [5.74, 6) is 0.221. The van der Waals surface area contributed by atoms with Gasteiger partial charge in [0.1, 0.15) is 0 Å². The highest BCUT2D eigenvalue weighted by atomic mass is 16.5. The number of hydrogen-bond donors (Lipinski definition) is 0. The third-order valence-electron chi connectivity index (χ3n) is 4.23. The van der Waals surface area contributed by atoms with Gasteiger partial charge in [0.25, 0.3) is 5.91 Å². The maximum Gasteiger partial charge on any atom is 0.309 e. The summed E-state index contributed by atoms with van der Waals surface area (Å²) < 4.78 is 5.12. The van der Waals surface area contributed by atoms with Crippen LogP contribution < -0.4 is 0 Å². The second-order valence-electron chi connectivity index (χ2n) is 5.86. The molecule has 0 bridgehead atoms. The highest BCUT2D eigenvalue weighted by Gasteiger charge is 2.41. The Kier molecular flexibility index (Phi) is 3.93. The molecule has 1 saturated heterocycles. The number of carbonyl (C=O) groups excluding carboxylic acids is 2. The third-order valence-corrected chi connectivity index (χ3v) is 4.23. The first kappa shape index (κ1) is 13.4. The first-order chi connectivity index (χ1) is 8.50. The minimum atomic E-state index is -0.201. The van der Waals surface area contributed by atoms with E-state index >= 15 is 0 Å². The Labute approximate surface area is 109 Å². The van der Waals surface area contributed by atoms with Crippen LogP contribution in [0.15, 0.2) is 0 Å². The predicted molar refractivity (Wildman–Crippen MR) is 67.9 cm³/mol. The fourth-order valence-electron chi connectivity index (χ4n) is 2.88. The van der Waals surface area contributed by atoms with Crippen molar-refractivity contribution in [3.05, 3.63) is 0 Å². The molecule has 102 valence electrons. The average Bonchev–Trinajstić information content (AvgIpc) is 3.03. The Morgan fingerprint density at radius 1 is 1.17 bits per heavy atom. The Bertz CT molecular complexity index is 332. The maximum absolute atomic E-state index is 12.1. The van der Waals surface area contributed by atoms with Gasteiger partial charge in [-0.15, -0.1) is 0 Å². The minimum absolute atomic E-state index is 0.0361. The summed E-state index contributed by atoms with van der Waals surface area (Å²) in [6, 6.07) is 0.527. The van der Waals surface area contributed by atoms with Crippen LogP contribution in [0.25, 0.3) is 0 Å². The number of ether oxygens (including phenoxy) is 1. The fourth-order valence-corrected chi connectivity index (χ4v) is 2.88. The van der Waals surface area contributed by atoms with Crippen molar-refractivity contribution < 1.29 is 14.3 Å². The van der Waals surface area contributed by atoms with Crippen LogP contribution >= 0.6 is 0 Å². The van der Waals surface area contributed by atoms with Crippen LogP contribution in [0.3, 0.4) is 0 Å². The van der Waals surface area contributed by atoms with Crippen molar-refractivity contribution in [2.45, 2.75) is 58.5 Å². The Morgan fingerprint density at radius 3 is 2.22 bits per heavy atom. The van der Waals surface area contributed by atoms with Crippen LogP contribution in [0.4, 0.5) is 0 Å². The molecule has 0 unspecified atom stereocenters. The largest absolute Gasteiger partial charge is 0.455 e. The van der Waals surface area contributed by atoms with Gasteiger partial charge in [0.05, 0.1) is 5.92 Å². The van der Waals surface area contributed by atoms with E-state index in [1.807, 2.05) is 11.8 Å². The van der Waals surface area contributed by atoms with Crippen LogP contribution in [-0.2, 0) is 14.3 Å². The summed E-state index contributed by atoms with van der Waals surface area (Å²) in [4.78, 5) is 25.6. The fraction of sp³-hybridized carbons (Fsp3) is 0.857. The zero-order valence-electron chi connectivity index (χ0n) is 11.5. The van der Waals surface area contributed by atoms with Gasteiger partial charge in [-0.3, -0.25) is 9.59 Å². The molecule has 18 heavy (non-hydrogen) atoms. The van der Waals surface area contributed by atoms with E-state index in [0.29, 0.717) is 5.92 Å². The molecule has 1 heterocycles. The summed E-state index contributed by atoms with van der Waals surface area (Å²) in [6.07, 6.45) is 4.17. The van der Waals surface area contributed by atoms with Crippen molar-refractivity contribution >= 4 is 11.9 Å². The van der Waals surface area contributed by atoms with E-state index in [0.717, 1.165) is 19.3 Å². The van der Waals surface area contributed by atoms with E-state index in [9.17, 15) is 9.59 Å². The van der Waals surface area contributed by atoms with Crippen LogP contribution in [0.1, 0.15) is 46.5 Å². The molecule has 1 amide bonds. The second-order valence-corrected chi connectivity index (χ2v) is 5.86. The van der Waals surface area contributed by atoms with Crippen LogP contribution in [0.2, 0.25) is 0 Å². The standard InChI is InChI=1S/C14H23NO3/c1-9-7-12(9)14(17)18-8-13(16)15-10(2)5-4-6-11(15)3/h9-12H,4-8H2,1-3H3/t9-,10-,11+,12-/m0/s1. The van der Waals surface area contributed by atoms with Gasteiger partial charge in [-0.25, -0.2) is 0 Å². The Morgan fingerprint density at radius 2 is 1.72 bits per heavy atom. The van der Waals surface area contributed by atoms with Crippen molar-refractivity contribution in [2.75, 3.05) is 6.61 Å². The van der Waals surface area contributed by atoms with E-state index in [1.165, 1.54) is 6.42 Å². The highest BCUT2D eigenvalue weighted by Crippen LogP contribution is 2.38. The number of hydrogen-bond acceptors (Lipinski definition) is 3. The lowest BCUT2D eigenvalue weighted by atomic mass is 9.97. The number of nitrogens with zero attached hydrogens (tertiary/aromatic N) is 1. The molecule has 4 heteroatoms. The summed E-state index contributed by atoms with van der Waals surface area (Å²) in [6.45, 7) is 6.08. The monoisotopic (exact) mass is 253 g/mol. The molecule has 2 fully saturated rings. The lowest BCUT2D eigenvalue weighted by Crippen LogP contribution is -2.49. The van der Waals surface area contributed by atoms with Gasteiger partial charge in [0.15, 0.2) is 6.61 Å². The first-order valence-corrected chi connectivity index (χ1v) is 6.98. The van der Waals surface area contributed by atoms with Crippen LogP contribution in [0, 0.1) is 11.8 Å². The molecule has 1 aliphatic heterocycles. The normalized spacial score (nSPS) is 35.2. The lowest BCUT2D eigenvalue weighted by Gasteiger charge is -2.38. The summed E-state index contributed by atoms with van der Waals surface area (Å²) in [5, 5.41) is 0. The minimum Gasteiger partial charge on any atom is -0.455 e. The van der Waals surface area contributed by atoms with Gasteiger partial charge in [0.2, 0.25) is 0 Å². The molecule has 0 spiro atoms. The second kappa shape index (κ2) is 5.29. The summed E-state index contributed by atoms with van der Waals surface area (Å²) in [5.41, 5.74) is 0. The quantitative estimate of drug-likeness (QED) is 0.722. The van der Waals surface area contributed by atoms with E-state index in [1.54, 1.807) is 0 Å². The van der Waals surface area contributed by atoms with Crippen molar-refractivity contribution in [3.63, 3.8) is 0 Å². The molecule has 2 aliphatic rings. The molecule has 0 aromatic rings. The molecular formula is C14H23NO3. The molecule has 1 saturated carbocycles. The summed E-state index contributed by atoms with van der Waals surface area (Å²) >= 11 is 0. The molecule has 0 radical (unpaired) electrons. The number of esters is 1. The molecule has 4 atom stereocenters. The van der Waals surface area contributed by atoms with Gasteiger partial charge < -0.3 is 9.64 Å². The molecule has 0 aromatic heterocycles. The van der Waals surface area contributed by atoms with Crippen molar-refractivity contribution in [3.8, 4) is 0 Å². The number of likely N-dealkylation sites (tertiary alicyclic amines) is 1. The molecule has 2 rings (SSSR count). The third kappa shape index (κ3) is 2.85. The van der Waals surface area contributed by atoms with Gasteiger partial charge in [0, 0.05) is 12.1 Å². The van der Waals surface area contributed by atoms with E-state index in [4.69, 9.17) is 4.74 Å². The smallest absolute Gasteiger partial charge is 0.309 e. The lowest BCUT2D eigenvalue weighted by molar-refractivity contribution is -0.156. The van der Waals surface area contributed by atoms with Crippen LogP contribution in [0.5, 0.6) is 0 Å². The SMILES string of the molecule is C[C@@H]1CCC[C@H](C)N1C(=O)COC(=O)[C@H]1C[C@@H]1C. The van der Waals surface area contributed by atoms with E-state index in [-0.39, 0.29) is 36.5 Å². The molecular weight excluding hydrogens is 230 g/mol. The van der Waals surface area contributed by atoms with Gasteiger partial charge >= 0.3 is 5.97 Å². The number of rotatable bonds is 3. The highest BCUT2D eigenvalue weighted by molar-refractivity contribution is 5.82. The molecule has 0 aromatic carbocycles. The number of carbonyl (C=O) groups is 2. The Balaban J connectivity index is 1.81. The Hall–Kier alpha value is -1.06. The molecule has 4 nitrogen and oxygen atoms in total. The molecule has 0 N–H and O–H groups in total. The maximum atomic E-state index is 12.1. The van der Waals surface area contributed by atoms with Crippen LogP contribution in [-0.4, -0.2) is 35.5 Å². The zero-order valence-corrected chi connectivity index (χ0v) is 11.5. The van der Waals surface area contributed by atoms with Gasteiger partial charge in [-0.2, -0.15) is 0 Å². The van der Waals surface area contributed by atoms with Crippen molar-refractivity contribution in [1.82, 2.24) is 4.90 Å². The van der Waals surface area contributed by atoms with Gasteiger partial charge in [-0.05, 0) is 45.4 Å². The van der Waals surface area contributed by atoms with E-state index < -0.39 is 0 Å². The van der Waals surface area contributed by atoms with Gasteiger partial charge in [-0.1, -0.05) is 6.92 Å². The number of piperidine rings is 1. The van der Waals surface area contributed by atoms with Crippen molar-refractivity contribution in [2.24, 2.45) is 11.8 Å². The topological polar surface area (TPSA) is 46.6 Å². The number of amides is 1. The van der Waals surface area contributed by atoms with Crippen molar-refractivity contribution in [1.29, 1.82) is 0 Å². The zero-order chi connectivity index (χ0) is 13.3. The first-order valence-electron chi connectivity index (χ1n) is 6.98.